The van der Waals surface area contributed by atoms with Crippen LogP contribution in [0, 0.1) is 6.92 Å². The van der Waals surface area contributed by atoms with Gasteiger partial charge in [-0.25, -0.2) is 21.5 Å². The van der Waals surface area contributed by atoms with Crippen molar-refractivity contribution in [1.29, 1.82) is 0 Å². The maximum Gasteiger partial charge on any atom is 0.235 e. The Labute approximate surface area is 123 Å². The molecule has 0 amide bonds. The molecule has 2 rings (SSSR count). The number of rotatable bonds is 5. The average molecular weight is 342 g/mol. The molecule has 1 N–H and O–H groups in total. The van der Waals surface area contributed by atoms with Crippen LogP contribution in [0.25, 0.3) is 0 Å². The number of hydrogen-bond acceptors (Lipinski definition) is 5. The summed E-state index contributed by atoms with van der Waals surface area (Å²) in [5, 5.41) is 4.19. The summed E-state index contributed by atoms with van der Waals surface area (Å²) in [4.78, 5) is 0. The molecule has 1 aromatic rings. The fourth-order valence-corrected chi connectivity index (χ4v) is 5.23. The van der Waals surface area contributed by atoms with Crippen molar-refractivity contribution in [1.82, 2.24) is 9.78 Å². The monoisotopic (exact) mass is 341 g/mol. The third-order valence-electron chi connectivity index (χ3n) is 3.02. The molecule has 1 fully saturated rings. The highest BCUT2D eigenvalue weighted by atomic mass is 35.5. The first-order valence-corrected chi connectivity index (χ1v) is 10.1. The van der Waals surface area contributed by atoms with Crippen LogP contribution in [0.4, 0.5) is 5.82 Å². The van der Waals surface area contributed by atoms with Crippen LogP contribution in [-0.2, 0) is 19.9 Å². The molecule has 1 saturated heterocycles. The topological polar surface area (TPSA) is 98.1 Å². The summed E-state index contributed by atoms with van der Waals surface area (Å²) in [6.45, 7) is 1.72. The van der Waals surface area contributed by atoms with E-state index in [-0.39, 0.29) is 35.0 Å². The Morgan fingerprint density at radius 2 is 2.25 bits per heavy atom. The van der Waals surface area contributed by atoms with Gasteiger partial charge in [-0.15, -0.1) is 11.6 Å². The minimum absolute atomic E-state index is 0.0136. The normalized spacial score (nSPS) is 22.0. The Balaban J connectivity index is 2.28. The first kappa shape index (κ1) is 15.6. The van der Waals surface area contributed by atoms with E-state index < -0.39 is 19.9 Å². The van der Waals surface area contributed by atoms with Crippen LogP contribution in [0.3, 0.4) is 0 Å². The molecule has 0 aliphatic carbocycles. The average Bonchev–Trinajstić information content (AvgIpc) is 2.81. The van der Waals surface area contributed by atoms with Crippen molar-refractivity contribution in [3.8, 4) is 0 Å². The van der Waals surface area contributed by atoms with Gasteiger partial charge in [-0.1, -0.05) is 0 Å². The summed E-state index contributed by atoms with van der Waals surface area (Å²) < 4.78 is 50.4. The number of sulfone groups is 1. The van der Waals surface area contributed by atoms with Crippen LogP contribution < -0.4 is 4.72 Å². The van der Waals surface area contributed by atoms with Gasteiger partial charge in [0.05, 0.1) is 29.0 Å². The smallest absolute Gasteiger partial charge is 0.235 e. The van der Waals surface area contributed by atoms with Crippen molar-refractivity contribution in [3.63, 3.8) is 0 Å². The zero-order chi connectivity index (χ0) is 15.0. The highest BCUT2D eigenvalue weighted by Gasteiger charge is 2.31. The predicted molar refractivity (Wildman–Crippen MR) is 77.4 cm³/mol. The second kappa shape index (κ2) is 5.53. The first-order chi connectivity index (χ1) is 9.22. The first-order valence-electron chi connectivity index (χ1n) is 6.05. The van der Waals surface area contributed by atoms with Crippen molar-refractivity contribution in [2.75, 3.05) is 27.9 Å². The van der Waals surface area contributed by atoms with Crippen LogP contribution in [0.1, 0.15) is 18.2 Å². The van der Waals surface area contributed by atoms with Crippen molar-refractivity contribution in [2.24, 2.45) is 0 Å². The Morgan fingerprint density at radius 1 is 1.55 bits per heavy atom. The van der Waals surface area contributed by atoms with Crippen LogP contribution in [0.15, 0.2) is 6.07 Å². The number of aryl methyl sites for hydroxylation is 1. The molecule has 10 heteroatoms. The van der Waals surface area contributed by atoms with E-state index in [0.717, 1.165) is 0 Å². The summed E-state index contributed by atoms with van der Waals surface area (Å²) in [6, 6.07) is 1.25. The van der Waals surface area contributed by atoms with Gasteiger partial charge in [0.2, 0.25) is 10.0 Å². The van der Waals surface area contributed by atoms with E-state index in [4.69, 9.17) is 11.6 Å². The van der Waals surface area contributed by atoms with Crippen LogP contribution >= 0.6 is 11.6 Å². The molecule has 0 spiro atoms. The van der Waals surface area contributed by atoms with E-state index in [1.54, 1.807) is 13.0 Å². The van der Waals surface area contributed by atoms with Gasteiger partial charge < -0.3 is 0 Å². The summed E-state index contributed by atoms with van der Waals surface area (Å²) in [6.07, 6.45) is 0.438. The van der Waals surface area contributed by atoms with E-state index in [0.29, 0.717) is 12.1 Å². The molecule has 0 aromatic carbocycles. The third-order valence-corrected chi connectivity index (χ3v) is 6.44. The minimum atomic E-state index is -3.54. The van der Waals surface area contributed by atoms with Crippen LogP contribution in [-0.4, -0.2) is 49.8 Å². The quantitative estimate of drug-likeness (QED) is 0.788. The predicted octanol–water partition coefficient (Wildman–Crippen LogP) is 0.532. The molecule has 1 unspecified atom stereocenters. The molecule has 1 aliphatic rings. The van der Waals surface area contributed by atoms with Gasteiger partial charge in [0, 0.05) is 11.9 Å². The van der Waals surface area contributed by atoms with E-state index in [9.17, 15) is 16.8 Å². The molecule has 0 bridgehead atoms. The molecule has 7 nitrogen and oxygen atoms in total. The zero-order valence-electron chi connectivity index (χ0n) is 10.9. The molecular formula is C10H16ClN3O4S2. The number of sulfonamides is 1. The van der Waals surface area contributed by atoms with Gasteiger partial charge in [-0.2, -0.15) is 5.10 Å². The number of aromatic nitrogens is 2. The Bertz CT molecular complexity index is 696. The van der Waals surface area contributed by atoms with E-state index in [2.05, 4.69) is 9.82 Å². The minimum Gasteiger partial charge on any atom is -0.267 e. The molecule has 0 radical (unpaired) electrons. The second-order valence-corrected chi connectivity index (χ2v) is 9.23. The standard InChI is InChI=1S/C10H16ClN3O4S2/c1-8-6-10(13-20(17,18)5-3-11)14(12-8)9-2-4-19(15,16)7-9/h6,9,13H,2-5,7H2,1H3. The molecular weight excluding hydrogens is 326 g/mol. The highest BCUT2D eigenvalue weighted by Crippen LogP contribution is 2.27. The molecule has 1 aromatic heterocycles. The largest absolute Gasteiger partial charge is 0.267 e. The van der Waals surface area contributed by atoms with E-state index in [1.807, 2.05) is 0 Å². The molecule has 114 valence electrons. The van der Waals surface area contributed by atoms with Crippen LogP contribution in [0.5, 0.6) is 0 Å². The number of alkyl halides is 1. The third kappa shape index (κ3) is 3.64. The second-order valence-electron chi connectivity index (χ2n) is 4.78. The maximum absolute atomic E-state index is 11.7. The lowest BCUT2D eigenvalue weighted by Gasteiger charge is -2.14. The lowest BCUT2D eigenvalue weighted by Crippen LogP contribution is -2.22. The fourth-order valence-electron chi connectivity index (χ4n) is 2.15. The van der Waals surface area contributed by atoms with Crippen molar-refractivity contribution in [2.45, 2.75) is 19.4 Å². The van der Waals surface area contributed by atoms with Gasteiger partial charge >= 0.3 is 0 Å². The van der Waals surface area contributed by atoms with Crippen molar-refractivity contribution >= 4 is 37.3 Å². The number of nitrogens with one attached hydrogen (secondary N) is 1. The van der Waals surface area contributed by atoms with E-state index in [1.165, 1.54) is 4.68 Å². The number of anilines is 1. The summed E-state index contributed by atoms with van der Waals surface area (Å²) in [5.41, 5.74) is 0.623. The summed E-state index contributed by atoms with van der Waals surface area (Å²) >= 11 is 5.44. The van der Waals surface area contributed by atoms with Crippen molar-refractivity contribution < 1.29 is 16.8 Å². The fraction of sp³-hybridized carbons (Fsp3) is 0.700. The molecule has 1 aliphatic heterocycles. The summed E-state index contributed by atoms with van der Waals surface area (Å²) in [5.74, 6) is 0.153. The summed E-state index contributed by atoms with van der Waals surface area (Å²) in [7, 11) is -6.61. The van der Waals surface area contributed by atoms with Crippen LogP contribution in [0.2, 0.25) is 0 Å². The SMILES string of the molecule is Cc1cc(NS(=O)(=O)CCCl)n(C2CCS(=O)(=O)C2)n1. The van der Waals surface area contributed by atoms with Gasteiger partial charge in [-0.05, 0) is 13.3 Å². The van der Waals surface area contributed by atoms with Gasteiger partial charge in [0.25, 0.3) is 0 Å². The molecule has 1 atom stereocenters. The zero-order valence-corrected chi connectivity index (χ0v) is 13.3. The Morgan fingerprint density at radius 3 is 2.80 bits per heavy atom. The van der Waals surface area contributed by atoms with Gasteiger partial charge in [-0.3, -0.25) is 4.72 Å². The van der Waals surface area contributed by atoms with Crippen molar-refractivity contribution in [3.05, 3.63) is 11.8 Å². The molecule has 20 heavy (non-hydrogen) atoms. The Hall–Kier alpha value is -0.800. The van der Waals surface area contributed by atoms with Gasteiger partial charge in [0.15, 0.2) is 9.84 Å². The number of nitrogens with zero attached hydrogens (tertiary/aromatic N) is 2. The lowest BCUT2D eigenvalue weighted by atomic mass is 10.3. The lowest BCUT2D eigenvalue weighted by molar-refractivity contribution is 0.503. The molecule has 2 heterocycles. The molecule has 0 saturated carbocycles. The van der Waals surface area contributed by atoms with E-state index >= 15 is 0 Å². The van der Waals surface area contributed by atoms with Gasteiger partial charge in [0.1, 0.15) is 5.82 Å². The Kier molecular flexibility index (Phi) is 4.31. The number of halogens is 1. The number of hydrogen-bond donors (Lipinski definition) is 1. The highest BCUT2D eigenvalue weighted by molar-refractivity contribution is 7.92. The maximum atomic E-state index is 11.7.